The molecule has 2 aromatic carbocycles. The number of carbonyl (C=O) groups is 1. The minimum Gasteiger partial charge on any atom is -0.326 e. The van der Waals surface area contributed by atoms with Crippen LogP contribution in [0.2, 0.25) is 0 Å². The average Bonchev–Trinajstić information content (AvgIpc) is 3.14. The van der Waals surface area contributed by atoms with E-state index in [-0.39, 0.29) is 17.2 Å². The van der Waals surface area contributed by atoms with Gasteiger partial charge in [0.1, 0.15) is 0 Å². The number of nitrogens with one attached hydrogen (secondary N) is 2. The smallest absolute Gasteiger partial charge is 0.261 e. The highest BCUT2D eigenvalue weighted by molar-refractivity contribution is 7.92. The fourth-order valence-electron chi connectivity index (χ4n) is 2.92. The van der Waals surface area contributed by atoms with Crippen LogP contribution in [0.25, 0.3) is 0 Å². The zero-order chi connectivity index (χ0) is 21.9. The fourth-order valence-corrected chi connectivity index (χ4v) is 4.96. The van der Waals surface area contributed by atoms with Gasteiger partial charge in [0, 0.05) is 17.0 Å². The van der Waals surface area contributed by atoms with E-state index in [9.17, 15) is 13.2 Å². The molecule has 0 atom stereocenters. The summed E-state index contributed by atoms with van der Waals surface area (Å²) < 4.78 is 28.1. The molecule has 0 saturated heterocycles. The number of sulfonamides is 1. The van der Waals surface area contributed by atoms with Crippen LogP contribution in [-0.2, 0) is 21.2 Å². The molecule has 0 aliphatic rings. The topological polar surface area (TPSA) is 88.2 Å². The maximum Gasteiger partial charge on any atom is 0.261 e. The van der Waals surface area contributed by atoms with Crippen molar-refractivity contribution in [2.45, 2.75) is 44.9 Å². The van der Waals surface area contributed by atoms with Crippen LogP contribution in [0.1, 0.15) is 41.6 Å². The Bertz CT molecular complexity index is 1130. The summed E-state index contributed by atoms with van der Waals surface area (Å²) in [7, 11) is -3.73. The first-order valence-corrected chi connectivity index (χ1v) is 12.0. The molecule has 30 heavy (non-hydrogen) atoms. The molecule has 6 nitrogen and oxygen atoms in total. The third kappa shape index (κ3) is 5.25. The number of para-hydroxylation sites is 1. The van der Waals surface area contributed by atoms with Gasteiger partial charge in [-0.15, -0.1) is 11.3 Å². The van der Waals surface area contributed by atoms with Gasteiger partial charge >= 0.3 is 0 Å². The Balaban J connectivity index is 1.67. The van der Waals surface area contributed by atoms with E-state index in [0.717, 1.165) is 21.8 Å². The van der Waals surface area contributed by atoms with Gasteiger partial charge in [-0.1, -0.05) is 32.0 Å². The van der Waals surface area contributed by atoms with Crippen molar-refractivity contribution in [2.75, 3.05) is 10.0 Å². The highest BCUT2D eigenvalue weighted by Gasteiger charge is 2.17. The minimum atomic E-state index is -3.73. The van der Waals surface area contributed by atoms with Crippen LogP contribution in [0.15, 0.2) is 52.7 Å². The zero-order valence-corrected chi connectivity index (χ0v) is 19.0. The van der Waals surface area contributed by atoms with E-state index in [2.05, 4.69) is 28.9 Å². The van der Waals surface area contributed by atoms with E-state index in [1.165, 1.54) is 12.1 Å². The van der Waals surface area contributed by atoms with E-state index in [1.807, 2.05) is 37.4 Å². The number of hydrogen-bond donors (Lipinski definition) is 2. The van der Waals surface area contributed by atoms with Crippen LogP contribution in [0.3, 0.4) is 0 Å². The van der Waals surface area contributed by atoms with Crippen molar-refractivity contribution < 1.29 is 13.2 Å². The fraction of sp³-hybridized carbons (Fsp3) is 0.273. The van der Waals surface area contributed by atoms with Gasteiger partial charge in [-0.25, -0.2) is 13.4 Å². The molecular weight excluding hydrogens is 418 g/mol. The molecule has 0 spiro atoms. The van der Waals surface area contributed by atoms with Gasteiger partial charge in [-0.2, -0.15) is 0 Å². The second-order valence-corrected chi connectivity index (χ2v) is 10.0. The summed E-state index contributed by atoms with van der Waals surface area (Å²) in [5.74, 6) is 0.137. The van der Waals surface area contributed by atoms with E-state index < -0.39 is 10.0 Å². The number of amides is 1. The molecule has 158 valence electrons. The number of anilines is 2. The first-order valence-electron chi connectivity index (χ1n) is 9.59. The molecule has 2 N–H and O–H groups in total. The van der Waals surface area contributed by atoms with Crippen molar-refractivity contribution in [2.24, 2.45) is 0 Å². The maximum atomic E-state index is 12.7. The van der Waals surface area contributed by atoms with E-state index in [4.69, 9.17) is 0 Å². The summed E-state index contributed by atoms with van der Waals surface area (Å²) in [6.45, 7) is 7.84. The highest BCUT2D eigenvalue weighted by atomic mass is 32.2. The Morgan fingerprint density at radius 2 is 1.70 bits per heavy atom. The summed E-state index contributed by atoms with van der Waals surface area (Å²) >= 11 is 1.55. The number of carbonyl (C=O) groups excluding carboxylic acids is 1. The molecule has 0 radical (unpaired) electrons. The number of hydrogen-bond acceptors (Lipinski definition) is 5. The lowest BCUT2D eigenvalue weighted by Gasteiger charge is -2.13. The number of aromatic nitrogens is 1. The van der Waals surface area contributed by atoms with Crippen molar-refractivity contribution in [1.29, 1.82) is 0 Å². The zero-order valence-electron chi connectivity index (χ0n) is 17.4. The molecule has 3 aromatic rings. The number of benzene rings is 2. The van der Waals surface area contributed by atoms with Crippen molar-refractivity contribution in [3.05, 3.63) is 69.7 Å². The minimum absolute atomic E-state index is 0.129. The molecule has 1 amide bonds. The number of rotatable bonds is 7. The first-order chi connectivity index (χ1) is 14.2. The lowest BCUT2D eigenvalue weighted by molar-refractivity contribution is -0.115. The van der Waals surface area contributed by atoms with Gasteiger partial charge in [0.05, 0.1) is 27.7 Å². The summed E-state index contributed by atoms with van der Waals surface area (Å²) in [6.07, 6.45) is 0.178. The summed E-state index contributed by atoms with van der Waals surface area (Å²) in [5, 5.41) is 5.68. The van der Waals surface area contributed by atoms with Gasteiger partial charge < -0.3 is 5.32 Å². The van der Waals surface area contributed by atoms with Gasteiger partial charge in [-0.3, -0.25) is 9.52 Å². The van der Waals surface area contributed by atoms with Crippen LogP contribution in [0, 0.1) is 13.8 Å². The van der Waals surface area contributed by atoms with Crippen LogP contribution >= 0.6 is 11.3 Å². The molecule has 1 aromatic heterocycles. The van der Waals surface area contributed by atoms with Crippen molar-refractivity contribution >= 4 is 38.6 Å². The normalized spacial score (nSPS) is 11.5. The molecular formula is C22H25N3O3S2. The SMILES string of the molecule is Cc1cccc(C)c1NS(=O)(=O)c1ccc(NC(=O)Cc2csc(C(C)C)n2)cc1. The Hall–Kier alpha value is -2.71. The first kappa shape index (κ1) is 22.0. The third-order valence-electron chi connectivity index (χ3n) is 4.57. The molecule has 3 rings (SSSR count). The number of aryl methyl sites for hydroxylation is 2. The Kier molecular flexibility index (Phi) is 6.58. The Morgan fingerprint density at radius 3 is 2.27 bits per heavy atom. The molecule has 8 heteroatoms. The average molecular weight is 444 g/mol. The highest BCUT2D eigenvalue weighted by Crippen LogP contribution is 2.24. The largest absolute Gasteiger partial charge is 0.326 e. The van der Waals surface area contributed by atoms with Crippen molar-refractivity contribution in [1.82, 2.24) is 4.98 Å². The second kappa shape index (κ2) is 8.97. The van der Waals surface area contributed by atoms with Crippen LogP contribution in [0.4, 0.5) is 11.4 Å². The lowest BCUT2D eigenvalue weighted by atomic mass is 10.1. The Labute approximate surface area is 181 Å². The van der Waals surface area contributed by atoms with E-state index in [1.54, 1.807) is 23.5 Å². The Morgan fingerprint density at radius 1 is 1.07 bits per heavy atom. The van der Waals surface area contributed by atoms with Crippen LogP contribution in [-0.4, -0.2) is 19.3 Å². The molecule has 0 fully saturated rings. The molecule has 1 heterocycles. The second-order valence-electron chi connectivity index (χ2n) is 7.45. The lowest BCUT2D eigenvalue weighted by Crippen LogP contribution is -2.16. The van der Waals surface area contributed by atoms with Crippen molar-refractivity contribution in [3.8, 4) is 0 Å². The monoisotopic (exact) mass is 443 g/mol. The van der Waals surface area contributed by atoms with Crippen LogP contribution < -0.4 is 10.0 Å². The summed E-state index contributed by atoms with van der Waals surface area (Å²) in [6, 6.07) is 11.7. The van der Waals surface area contributed by atoms with Gasteiger partial charge in [0.15, 0.2) is 0 Å². The predicted octanol–water partition coefficient (Wildman–Crippen LogP) is 4.87. The van der Waals surface area contributed by atoms with Gasteiger partial charge in [0.25, 0.3) is 10.0 Å². The molecule has 0 aliphatic carbocycles. The van der Waals surface area contributed by atoms with Crippen LogP contribution in [0.5, 0.6) is 0 Å². The van der Waals surface area contributed by atoms with Crippen molar-refractivity contribution in [3.63, 3.8) is 0 Å². The molecule has 0 aliphatic heterocycles. The quantitative estimate of drug-likeness (QED) is 0.545. The van der Waals surface area contributed by atoms with E-state index >= 15 is 0 Å². The maximum absolute atomic E-state index is 12.7. The van der Waals surface area contributed by atoms with Gasteiger partial charge in [0.2, 0.25) is 5.91 Å². The van der Waals surface area contributed by atoms with E-state index in [0.29, 0.717) is 17.3 Å². The predicted molar refractivity (Wildman–Crippen MR) is 122 cm³/mol. The third-order valence-corrected chi connectivity index (χ3v) is 7.13. The van der Waals surface area contributed by atoms with Gasteiger partial charge in [-0.05, 0) is 49.2 Å². The number of nitrogens with zero attached hydrogens (tertiary/aromatic N) is 1. The molecule has 0 unspecified atom stereocenters. The molecule has 0 bridgehead atoms. The standard InChI is InChI=1S/C22H25N3O3S2/c1-14(2)22-24-18(13-29-22)12-20(26)23-17-8-10-19(11-9-17)30(27,28)25-21-15(3)6-5-7-16(21)4/h5-11,13-14,25H,12H2,1-4H3,(H,23,26). The number of thiazole rings is 1. The summed E-state index contributed by atoms with van der Waals surface area (Å²) in [4.78, 5) is 16.9. The summed E-state index contributed by atoms with van der Waals surface area (Å²) in [5.41, 5.74) is 3.55. The molecule has 0 saturated carbocycles.